The van der Waals surface area contributed by atoms with Crippen LogP contribution in [0.4, 0.5) is 10.5 Å². The van der Waals surface area contributed by atoms with Crippen molar-refractivity contribution in [1.29, 1.82) is 5.26 Å². The van der Waals surface area contributed by atoms with E-state index in [9.17, 15) is 4.79 Å². The van der Waals surface area contributed by atoms with Crippen molar-refractivity contribution in [1.82, 2.24) is 14.9 Å². The molecule has 2 amide bonds. The zero-order valence-corrected chi connectivity index (χ0v) is 12.6. The van der Waals surface area contributed by atoms with E-state index in [0.29, 0.717) is 17.8 Å². The van der Waals surface area contributed by atoms with Crippen LogP contribution >= 0.6 is 0 Å². The van der Waals surface area contributed by atoms with Crippen molar-refractivity contribution >= 4 is 22.8 Å². The van der Waals surface area contributed by atoms with Crippen LogP contribution in [0.2, 0.25) is 0 Å². The number of amides is 2. The van der Waals surface area contributed by atoms with Crippen LogP contribution in [0.5, 0.6) is 0 Å². The van der Waals surface area contributed by atoms with Crippen molar-refractivity contribution in [3.8, 4) is 6.07 Å². The van der Waals surface area contributed by atoms with Crippen LogP contribution in [0.1, 0.15) is 11.4 Å². The normalized spacial score (nSPS) is 10.3. The first-order valence-electron chi connectivity index (χ1n) is 7.11. The number of aromatic amines is 1. The van der Waals surface area contributed by atoms with Crippen LogP contribution in [0, 0.1) is 11.3 Å². The van der Waals surface area contributed by atoms with Gasteiger partial charge in [-0.3, -0.25) is 0 Å². The number of anilines is 1. The summed E-state index contributed by atoms with van der Waals surface area (Å²) in [5.74, 6) is 0.726. The number of rotatable bonds is 3. The predicted molar refractivity (Wildman–Crippen MR) is 87.7 cm³/mol. The first-order valence-corrected chi connectivity index (χ1v) is 7.11. The third-order valence-electron chi connectivity index (χ3n) is 3.44. The fourth-order valence-electron chi connectivity index (χ4n) is 2.22. The second-order valence-corrected chi connectivity index (χ2v) is 5.18. The molecule has 0 spiro atoms. The van der Waals surface area contributed by atoms with E-state index in [2.05, 4.69) is 15.3 Å². The van der Waals surface area contributed by atoms with Gasteiger partial charge < -0.3 is 15.2 Å². The number of nitriles is 1. The number of nitrogens with zero attached hydrogens (tertiary/aromatic N) is 3. The molecule has 6 nitrogen and oxygen atoms in total. The van der Waals surface area contributed by atoms with Gasteiger partial charge in [0, 0.05) is 12.7 Å². The number of aromatic nitrogens is 2. The predicted octanol–water partition coefficient (Wildman–Crippen LogP) is 3.10. The van der Waals surface area contributed by atoms with E-state index in [-0.39, 0.29) is 6.03 Å². The van der Waals surface area contributed by atoms with Gasteiger partial charge >= 0.3 is 6.03 Å². The maximum Gasteiger partial charge on any atom is 0.321 e. The topological polar surface area (TPSA) is 84.8 Å². The van der Waals surface area contributed by atoms with Crippen molar-refractivity contribution in [2.24, 2.45) is 0 Å². The minimum Gasteiger partial charge on any atom is -0.340 e. The Labute approximate surface area is 133 Å². The number of H-pyrrole nitrogens is 1. The highest BCUT2D eigenvalue weighted by atomic mass is 16.2. The third kappa shape index (κ3) is 3.30. The molecule has 1 aromatic heterocycles. The van der Waals surface area contributed by atoms with Crippen molar-refractivity contribution in [3.63, 3.8) is 0 Å². The number of hydrogen-bond donors (Lipinski definition) is 2. The fraction of sp³-hybridized carbons (Fsp3) is 0.118. The number of nitrogens with one attached hydrogen (secondary N) is 2. The van der Waals surface area contributed by atoms with Crippen LogP contribution in [-0.4, -0.2) is 27.9 Å². The van der Waals surface area contributed by atoms with E-state index in [0.717, 1.165) is 16.9 Å². The van der Waals surface area contributed by atoms with Crippen LogP contribution in [0.3, 0.4) is 0 Å². The maximum absolute atomic E-state index is 12.2. The monoisotopic (exact) mass is 305 g/mol. The molecule has 0 unspecified atom stereocenters. The lowest BCUT2D eigenvalue weighted by atomic mass is 10.2. The summed E-state index contributed by atoms with van der Waals surface area (Å²) in [6.07, 6.45) is 0. The summed E-state index contributed by atoms with van der Waals surface area (Å²) in [6.45, 7) is 0.372. The number of carbonyl (C=O) groups is 1. The SMILES string of the molecule is CN(Cc1nc2ccccc2[nH]1)C(=O)Nc1ccc(C#N)cc1. The molecule has 0 bridgehead atoms. The number of para-hydroxylation sites is 2. The Bertz CT molecular complexity index is 843. The average Bonchev–Trinajstić information content (AvgIpc) is 2.97. The van der Waals surface area contributed by atoms with Gasteiger partial charge in [0.15, 0.2) is 0 Å². The van der Waals surface area contributed by atoms with Gasteiger partial charge in [0.1, 0.15) is 5.82 Å². The fourth-order valence-corrected chi connectivity index (χ4v) is 2.22. The highest BCUT2D eigenvalue weighted by Gasteiger charge is 2.12. The minimum absolute atomic E-state index is 0.241. The second-order valence-electron chi connectivity index (χ2n) is 5.18. The molecule has 0 radical (unpaired) electrons. The van der Waals surface area contributed by atoms with Gasteiger partial charge in [-0.2, -0.15) is 5.26 Å². The molecule has 0 fully saturated rings. The molecule has 114 valence electrons. The Morgan fingerprint density at radius 1 is 1.26 bits per heavy atom. The minimum atomic E-state index is -0.241. The molecule has 3 aromatic rings. The number of benzene rings is 2. The first-order chi connectivity index (χ1) is 11.2. The molecule has 2 N–H and O–H groups in total. The van der Waals surface area contributed by atoms with Gasteiger partial charge in [-0.25, -0.2) is 9.78 Å². The van der Waals surface area contributed by atoms with Crippen molar-refractivity contribution in [2.45, 2.75) is 6.54 Å². The van der Waals surface area contributed by atoms with Gasteiger partial charge in [0.2, 0.25) is 0 Å². The standard InChI is InChI=1S/C17H15N5O/c1-22(11-16-20-14-4-2-3-5-15(14)21-16)17(23)19-13-8-6-12(10-18)7-9-13/h2-9H,11H2,1H3,(H,19,23)(H,20,21). The van der Waals surface area contributed by atoms with Crippen molar-refractivity contribution in [2.75, 3.05) is 12.4 Å². The molecular weight excluding hydrogens is 290 g/mol. The number of imidazole rings is 1. The third-order valence-corrected chi connectivity index (χ3v) is 3.44. The van der Waals surface area contributed by atoms with E-state index < -0.39 is 0 Å². The van der Waals surface area contributed by atoms with E-state index >= 15 is 0 Å². The lowest BCUT2D eigenvalue weighted by Crippen LogP contribution is -2.31. The summed E-state index contributed by atoms with van der Waals surface area (Å²) < 4.78 is 0. The summed E-state index contributed by atoms with van der Waals surface area (Å²) in [4.78, 5) is 21.4. The smallest absolute Gasteiger partial charge is 0.321 e. The van der Waals surface area contributed by atoms with Gasteiger partial charge in [-0.15, -0.1) is 0 Å². The largest absolute Gasteiger partial charge is 0.340 e. The summed E-state index contributed by atoms with van der Waals surface area (Å²) >= 11 is 0. The number of hydrogen-bond acceptors (Lipinski definition) is 3. The summed E-state index contributed by atoms with van der Waals surface area (Å²) in [7, 11) is 1.70. The molecule has 0 atom stereocenters. The quantitative estimate of drug-likeness (QED) is 0.779. The highest BCUT2D eigenvalue weighted by molar-refractivity contribution is 5.89. The Balaban J connectivity index is 1.65. The Morgan fingerprint density at radius 3 is 2.70 bits per heavy atom. The second kappa shape index (κ2) is 6.20. The summed E-state index contributed by atoms with van der Waals surface area (Å²) in [6, 6.07) is 16.3. The first kappa shape index (κ1) is 14.6. The highest BCUT2D eigenvalue weighted by Crippen LogP contribution is 2.13. The van der Waals surface area contributed by atoms with Gasteiger partial charge in [-0.1, -0.05) is 12.1 Å². The molecule has 0 aliphatic rings. The summed E-state index contributed by atoms with van der Waals surface area (Å²) in [5.41, 5.74) is 3.02. The molecule has 0 saturated heterocycles. The molecule has 0 aliphatic heterocycles. The lowest BCUT2D eigenvalue weighted by molar-refractivity contribution is 0.219. The average molecular weight is 305 g/mol. The molecule has 0 aliphatic carbocycles. The molecule has 3 rings (SSSR count). The van der Waals surface area contributed by atoms with E-state index in [1.54, 1.807) is 31.3 Å². The van der Waals surface area contributed by atoms with Crippen LogP contribution in [-0.2, 0) is 6.54 Å². The van der Waals surface area contributed by atoms with Gasteiger partial charge in [0.05, 0.1) is 29.2 Å². The number of fused-ring (bicyclic) bond motifs is 1. The Kier molecular flexibility index (Phi) is 3.93. The molecule has 23 heavy (non-hydrogen) atoms. The van der Waals surface area contributed by atoms with Gasteiger partial charge in [-0.05, 0) is 36.4 Å². The lowest BCUT2D eigenvalue weighted by Gasteiger charge is -2.16. The molecule has 2 aromatic carbocycles. The zero-order valence-electron chi connectivity index (χ0n) is 12.6. The maximum atomic E-state index is 12.2. The Morgan fingerprint density at radius 2 is 2.00 bits per heavy atom. The zero-order chi connectivity index (χ0) is 16.2. The van der Waals surface area contributed by atoms with Crippen LogP contribution < -0.4 is 5.32 Å². The van der Waals surface area contributed by atoms with E-state index in [1.165, 1.54) is 4.90 Å². The molecular formula is C17H15N5O. The molecule has 0 saturated carbocycles. The molecule has 1 heterocycles. The van der Waals surface area contributed by atoms with E-state index in [4.69, 9.17) is 5.26 Å². The number of carbonyl (C=O) groups excluding carboxylic acids is 1. The van der Waals surface area contributed by atoms with Crippen molar-refractivity contribution in [3.05, 3.63) is 59.9 Å². The van der Waals surface area contributed by atoms with Crippen LogP contribution in [0.15, 0.2) is 48.5 Å². The number of urea groups is 1. The summed E-state index contributed by atoms with van der Waals surface area (Å²) in [5, 5.41) is 11.5. The Hall–Kier alpha value is -3.33. The van der Waals surface area contributed by atoms with Crippen molar-refractivity contribution < 1.29 is 4.79 Å². The van der Waals surface area contributed by atoms with Crippen LogP contribution in [0.25, 0.3) is 11.0 Å². The molecule has 6 heteroatoms. The van der Waals surface area contributed by atoms with E-state index in [1.807, 2.05) is 30.3 Å². The van der Waals surface area contributed by atoms with Gasteiger partial charge in [0.25, 0.3) is 0 Å².